The Morgan fingerprint density at radius 1 is 1.13 bits per heavy atom. The Morgan fingerprint density at radius 3 is 2.65 bits per heavy atom. The molecule has 0 aliphatic carbocycles. The van der Waals surface area contributed by atoms with Crippen LogP contribution in [0.5, 0.6) is 0 Å². The number of carbonyl (C=O) groups is 1. The first-order chi connectivity index (χ1) is 15.0. The van der Waals surface area contributed by atoms with Crippen LogP contribution in [0.3, 0.4) is 0 Å². The number of piperidine rings is 1. The molecule has 3 N–H and O–H groups in total. The molecule has 6 nitrogen and oxygen atoms in total. The zero-order valence-electron chi connectivity index (χ0n) is 16.5. The number of nitrogens with one attached hydrogen (secondary N) is 1. The number of halogens is 3. The minimum absolute atomic E-state index is 0.0151. The van der Waals surface area contributed by atoms with E-state index >= 15 is 4.39 Å². The van der Waals surface area contributed by atoms with Crippen LogP contribution < -0.4 is 16.0 Å². The Kier molecular flexibility index (Phi) is 5.85. The topological polar surface area (TPSA) is 84.1 Å². The molecule has 0 radical (unpaired) electrons. The van der Waals surface area contributed by atoms with Gasteiger partial charge >= 0.3 is 0 Å². The maximum Gasteiger partial charge on any atom is 0.258 e. The minimum atomic E-state index is -1.12. The van der Waals surface area contributed by atoms with Gasteiger partial charge in [-0.1, -0.05) is 6.07 Å². The average Bonchev–Trinajstić information content (AvgIpc) is 2.75. The van der Waals surface area contributed by atoms with E-state index in [0.717, 1.165) is 43.8 Å². The van der Waals surface area contributed by atoms with Crippen LogP contribution in [-0.2, 0) is 0 Å². The van der Waals surface area contributed by atoms with Crippen LogP contribution in [0.2, 0.25) is 0 Å². The van der Waals surface area contributed by atoms with Gasteiger partial charge in [0, 0.05) is 31.5 Å². The molecular formula is C22H20F3N5O. The smallest absolute Gasteiger partial charge is 0.258 e. The predicted octanol–water partition coefficient (Wildman–Crippen LogP) is 3.74. The highest BCUT2D eigenvalue weighted by Gasteiger charge is 2.24. The zero-order chi connectivity index (χ0) is 22.0. The molecule has 1 saturated heterocycles. The van der Waals surface area contributed by atoms with Gasteiger partial charge in [0.1, 0.15) is 17.3 Å². The standard InChI is InChI=1S/C22H20F3N5O/c23-15-4-1-5-16(24)19(15)21-20(25)14(6-9-28-21)22(31)29-17-11-27-8-7-18(17)30-10-2-3-13(26)12-30/h1,4-9,11,13H,2-3,10,12,26H2,(H,29,31)/t13-/m0/s1. The van der Waals surface area contributed by atoms with E-state index in [1.165, 1.54) is 12.3 Å². The van der Waals surface area contributed by atoms with Gasteiger partial charge in [0.05, 0.1) is 28.7 Å². The molecule has 1 aliphatic heterocycles. The molecule has 1 aliphatic rings. The third-order valence-corrected chi connectivity index (χ3v) is 5.18. The maximum absolute atomic E-state index is 15.1. The molecule has 1 aromatic carbocycles. The monoisotopic (exact) mass is 427 g/mol. The van der Waals surface area contributed by atoms with Gasteiger partial charge in [-0.05, 0) is 37.1 Å². The van der Waals surface area contributed by atoms with Crippen molar-refractivity contribution in [3.8, 4) is 11.3 Å². The number of carbonyl (C=O) groups excluding carboxylic acids is 1. The van der Waals surface area contributed by atoms with Crippen molar-refractivity contribution in [2.45, 2.75) is 18.9 Å². The fraction of sp³-hybridized carbons (Fsp3) is 0.227. The lowest BCUT2D eigenvalue weighted by Crippen LogP contribution is -2.43. The summed E-state index contributed by atoms with van der Waals surface area (Å²) in [6.07, 6.45) is 6.02. The number of benzene rings is 1. The molecule has 1 fully saturated rings. The van der Waals surface area contributed by atoms with E-state index in [1.54, 1.807) is 12.3 Å². The Balaban J connectivity index is 1.65. The molecule has 160 valence electrons. The van der Waals surface area contributed by atoms with Crippen LogP contribution in [-0.4, -0.2) is 35.0 Å². The Morgan fingerprint density at radius 2 is 1.90 bits per heavy atom. The molecule has 0 spiro atoms. The first kappa shape index (κ1) is 20.8. The van der Waals surface area contributed by atoms with Crippen molar-refractivity contribution in [1.29, 1.82) is 0 Å². The summed E-state index contributed by atoms with van der Waals surface area (Å²) in [6.45, 7) is 1.38. The second-order valence-corrected chi connectivity index (χ2v) is 7.31. The highest BCUT2D eigenvalue weighted by Crippen LogP contribution is 2.30. The molecule has 4 rings (SSSR count). The molecule has 0 bridgehead atoms. The summed E-state index contributed by atoms with van der Waals surface area (Å²) >= 11 is 0. The molecule has 3 aromatic rings. The SMILES string of the molecule is N[C@H]1CCCN(c2ccncc2NC(=O)c2ccnc(-c3c(F)cccc3F)c2F)C1. The van der Waals surface area contributed by atoms with E-state index in [2.05, 4.69) is 15.3 Å². The average molecular weight is 427 g/mol. The summed E-state index contributed by atoms with van der Waals surface area (Å²) in [5.74, 6) is -3.84. The summed E-state index contributed by atoms with van der Waals surface area (Å²) < 4.78 is 43.3. The third-order valence-electron chi connectivity index (χ3n) is 5.18. The first-order valence-electron chi connectivity index (χ1n) is 9.80. The fourth-order valence-electron chi connectivity index (χ4n) is 3.70. The Labute approximate surface area is 176 Å². The highest BCUT2D eigenvalue weighted by molar-refractivity contribution is 6.06. The number of nitrogens with zero attached hydrogens (tertiary/aromatic N) is 3. The predicted molar refractivity (Wildman–Crippen MR) is 111 cm³/mol. The van der Waals surface area contributed by atoms with E-state index in [0.29, 0.717) is 17.9 Å². The first-order valence-corrected chi connectivity index (χ1v) is 9.80. The van der Waals surface area contributed by atoms with Crippen molar-refractivity contribution in [3.05, 3.63) is 71.9 Å². The van der Waals surface area contributed by atoms with Crippen LogP contribution in [0, 0.1) is 17.5 Å². The van der Waals surface area contributed by atoms with E-state index in [-0.39, 0.29) is 6.04 Å². The van der Waals surface area contributed by atoms with Gasteiger partial charge < -0.3 is 16.0 Å². The summed E-state index contributed by atoms with van der Waals surface area (Å²) in [5.41, 5.74) is 5.57. The minimum Gasteiger partial charge on any atom is -0.368 e. The number of hydrogen-bond acceptors (Lipinski definition) is 5. The fourth-order valence-corrected chi connectivity index (χ4v) is 3.70. The number of nitrogens with two attached hydrogens (primary N) is 1. The van der Waals surface area contributed by atoms with Gasteiger partial charge in [-0.25, -0.2) is 13.2 Å². The third kappa shape index (κ3) is 4.22. The number of hydrogen-bond donors (Lipinski definition) is 2. The van der Waals surface area contributed by atoms with E-state index in [1.807, 2.05) is 4.90 Å². The largest absolute Gasteiger partial charge is 0.368 e. The molecule has 9 heteroatoms. The number of anilines is 2. The van der Waals surface area contributed by atoms with Gasteiger partial charge in [0.25, 0.3) is 5.91 Å². The number of amides is 1. The van der Waals surface area contributed by atoms with Crippen LogP contribution in [0.15, 0.2) is 48.9 Å². The lowest BCUT2D eigenvalue weighted by Gasteiger charge is -2.33. The second kappa shape index (κ2) is 8.73. The molecule has 1 atom stereocenters. The number of rotatable bonds is 4. The molecular weight excluding hydrogens is 407 g/mol. The van der Waals surface area contributed by atoms with Gasteiger partial charge in [0.2, 0.25) is 0 Å². The van der Waals surface area contributed by atoms with E-state index in [9.17, 15) is 13.6 Å². The maximum atomic E-state index is 15.1. The summed E-state index contributed by atoms with van der Waals surface area (Å²) in [7, 11) is 0. The quantitative estimate of drug-likeness (QED) is 0.663. The molecule has 1 amide bonds. The van der Waals surface area contributed by atoms with E-state index in [4.69, 9.17) is 5.73 Å². The lowest BCUT2D eigenvalue weighted by atomic mass is 10.1. The number of aromatic nitrogens is 2. The van der Waals surface area contributed by atoms with Gasteiger partial charge in [0.15, 0.2) is 5.82 Å². The lowest BCUT2D eigenvalue weighted by molar-refractivity contribution is 0.102. The van der Waals surface area contributed by atoms with Crippen molar-refractivity contribution >= 4 is 17.3 Å². The van der Waals surface area contributed by atoms with Crippen LogP contribution >= 0.6 is 0 Å². The molecule has 3 heterocycles. The van der Waals surface area contributed by atoms with Crippen molar-refractivity contribution in [2.75, 3.05) is 23.3 Å². The van der Waals surface area contributed by atoms with Gasteiger partial charge in [-0.15, -0.1) is 0 Å². The highest BCUT2D eigenvalue weighted by atomic mass is 19.1. The Hall–Kier alpha value is -3.46. The normalized spacial score (nSPS) is 16.3. The van der Waals surface area contributed by atoms with Crippen LogP contribution in [0.1, 0.15) is 23.2 Å². The van der Waals surface area contributed by atoms with Crippen molar-refractivity contribution in [1.82, 2.24) is 9.97 Å². The van der Waals surface area contributed by atoms with Gasteiger partial charge in [-0.3, -0.25) is 14.8 Å². The van der Waals surface area contributed by atoms with Crippen molar-refractivity contribution in [2.24, 2.45) is 5.73 Å². The molecule has 31 heavy (non-hydrogen) atoms. The summed E-state index contributed by atoms with van der Waals surface area (Å²) in [6, 6.07) is 6.08. The van der Waals surface area contributed by atoms with Gasteiger partial charge in [-0.2, -0.15) is 0 Å². The molecule has 0 saturated carbocycles. The van der Waals surface area contributed by atoms with Crippen molar-refractivity contribution < 1.29 is 18.0 Å². The van der Waals surface area contributed by atoms with Crippen LogP contribution in [0.4, 0.5) is 24.5 Å². The van der Waals surface area contributed by atoms with Crippen LogP contribution in [0.25, 0.3) is 11.3 Å². The molecule has 0 unspecified atom stereocenters. The Bertz CT molecular complexity index is 1100. The van der Waals surface area contributed by atoms with Crippen molar-refractivity contribution in [3.63, 3.8) is 0 Å². The molecule has 2 aromatic heterocycles. The summed E-state index contributed by atoms with van der Waals surface area (Å²) in [5, 5.41) is 2.65. The summed E-state index contributed by atoms with van der Waals surface area (Å²) in [4.78, 5) is 22.7. The van der Waals surface area contributed by atoms with E-state index < -0.39 is 40.2 Å². The number of pyridine rings is 2. The zero-order valence-corrected chi connectivity index (χ0v) is 16.5. The second-order valence-electron chi connectivity index (χ2n) is 7.31.